The Labute approximate surface area is 118 Å². The fourth-order valence-electron chi connectivity index (χ4n) is 2.38. The van der Waals surface area contributed by atoms with E-state index >= 15 is 0 Å². The predicted octanol–water partition coefficient (Wildman–Crippen LogP) is 2.34. The molecule has 5 heteroatoms. The highest BCUT2D eigenvalue weighted by Gasteiger charge is 2.24. The van der Waals surface area contributed by atoms with Crippen LogP contribution < -0.4 is 5.32 Å². The van der Waals surface area contributed by atoms with E-state index in [9.17, 15) is 14.0 Å². The van der Waals surface area contributed by atoms with E-state index in [4.69, 9.17) is 0 Å². The van der Waals surface area contributed by atoms with E-state index in [0.29, 0.717) is 19.6 Å². The molecule has 1 heterocycles. The summed E-state index contributed by atoms with van der Waals surface area (Å²) in [6.07, 6.45) is 1.47. The van der Waals surface area contributed by atoms with Crippen molar-refractivity contribution >= 4 is 11.8 Å². The number of nitrogens with zero attached hydrogens (tertiary/aromatic N) is 1. The molecule has 1 aromatic rings. The zero-order valence-corrected chi connectivity index (χ0v) is 11.6. The van der Waals surface area contributed by atoms with Crippen LogP contribution in [0.25, 0.3) is 0 Å². The number of Topliss-reactive ketones (excluding diaryl/α,β-unsaturated/α-hetero) is 1. The Hall–Kier alpha value is -1.91. The number of hydrogen-bond acceptors (Lipinski definition) is 2. The van der Waals surface area contributed by atoms with Gasteiger partial charge in [0.2, 0.25) is 0 Å². The second kappa shape index (κ2) is 6.50. The van der Waals surface area contributed by atoms with Gasteiger partial charge in [0, 0.05) is 25.6 Å². The summed E-state index contributed by atoms with van der Waals surface area (Å²) < 4.78 is 12.8. The van der Waals surface area contributed by atoms with Crippen LogP contribution in [0.5, 0.6) is 0 Å². The van der Waals surface area contributed by atoms with Crippen LogP contribution in [0.3, 0.4) is 0 Å². The fourth-order valence-corrected chi connectivity index (χ4v) is 2.38. The number of nitrogens with one attached hydrogen (secondary N) is 1. The summed E-state index contributed by atoms with van der Waals surface area (Å²) in [6, 6.07) is 5.92. The van der Waals surface area contributed by atoms with Gasteiger partial charge in [-0.25, -0.2) is 9.18 Å². The van der Waals surface area contributed by atoms with Crippen LogP contribution in [0.1, 0.15) is 25.3 Å². The number of halogens is 1. The smallest absolute Gasteiger partial charge is 0.317 e. The fraction of sp³-hybridized carbons (Fsp3) is 0.467. The summed E-state index contributed by atoms with van der Waals surface area (Å²) in [5.74, 6) is 0.0129. The van der Waals surface area contributed by atoms with Crippen LogP contribution in [0, 0.1) is 11.7 Å². The molecule has 1 fully saturated rings. The third-order valence-electron chi connectivity index (χ3n) is 3.71. The molecule has 0 atom stereocenters. The Morgan fingerprint density at radius 1 is 1.25 bits per heavy atom. The lowest BCUT2D eigenvalue weighted by Gasteiger charge is -2.30. The normalized spacial score (nSPS) is 16.0. The third kappa shape index (κ3) is 3.79. The summed E-state index contributed by atoms with van der Waals surface area (Å²) >= 11 is 0. The largest absolute Gasteiger partial charge is 0.334 e. The highest BCUT2D eigenvalue weighted by Crippen LogP contribution is 2.17. The van der Waals surface area contributed by atoms with Gasteiger partial charge in [0.05, 0.1) is 0 Å². The maximum Gasteiger partial charge on any atom is 0.317 e. The van der Waals surface area contributed by atoms with E-state index < -0.39 is 0 Å². The molecule has 0 radical (unpaired) electrons. The standard InChI is InChI=1S/C15H19FN2O2/c1-11(19)13-6-8-18(9-7-13)15(20)17-10-12-2-4-14(16)5-3-12/h2-5,13H,6-10H2,1H3,(H,17,20). The number of carbonyl (C=O) groups is 2. The molecule has 1 saturated heterocycles. The van der Waals surface area contributed by atoms with Gasteiger partial charge >= 0.3 is 6.03 Å². The van der Waals surface area contributed by atoms with Crippen molar-refractivity contribution in [2.75, 3.05) is 13.1 Å². The lowest BCUT2D eigenvalue weighted by molar-refractivity contribution is -0.121. The van der Waals surface area contributed by atoms with Crippen molar-refractivity contribution in [2.24, 2.45) is 5.92 Å². The molecule has 1 N–H and O–H groups in total. The highest BCUT2D eigenvalue weighted by molar-refractivity contribution is 5.79. The Kier molecular flexibility index (Phi) is 4.71. The van der Waals surface area contributed by atoms with Crippen molar-refractivity contribution in [3.63, 3.8) is 0 Å². The minimum atomic E-state index is -0.286. The first-order valence-electron chi connectivity index (χ1n) is 6.84. The van der Waals surface area contributed by atoms with Crippen LogP contribution in [0.15, 0.2) is 24.3 Å². The van der Waals surface area contributed by atoms with E-state index in [0.717, 1.165) is 18.4 Å². The van der Waals surface area contributed by atoms with Crippen molar-refractivity contribution in [1.82, 2.24) is 10.2 Å². The third-order valence-corrected chi connectivity index (χ3v) is 3.71. The number of hydrogen-bond donors (Lipinski definition) is 1. The molecular weight excluding hydrogens is 259 g/mol. The van der Waals surface area contributed by atoms with Gasteiger partial charge in [-0.05, 0) is 37.5 Å². The average molecular weight is 278 g/mol. The molecule has 0 saturated carbocycles. The quantitative estimate of drug-likeness (QED) is 0.922. The van der Waals surface area contributed by atoms with Crippen LogP contribution >= 0.6 is 0 Å². The van der Waals surface area contributed by atoms with Gasteiger partial charge in [-0.3, -0.25) is 4.79 Å². The van der Waals surface area contributed by atoms with Crippen molar-refractivity contribution in [2.45, 2.75) is 26.3 Å². The van der Waals surface area contributed by atoms with Crippen LogP contribution in [0.2, 0.25) is 0 Å². The van der Waals surface area contributed by atoms with Gasteiger partial charge in [-0.15, -0.1) is 0 Å². The number of benzene rings is 1. The molecule has 0 aliphatic carbocycles. The van der Waals surface area contributed by atoms with Crippen molar-refractivity contribution in [3.8, 4) is 0 Å². The maximum absolute atomic E-state index is 12.8. The Morgan fingerprint density at radius 2 is 1.85 bits per heavy atom. The Balaban J connectivity index is 1.78. The summed E-state index contributed by atoms with van der Waals surface area (Å²) in [7, 11) is 0. The number of carbonyl (C=O) groups excluding carboxylic acids is 2. The average Bonchev–Trinajstić information content (AvgIpc) is 2.46. The van der Waals surface area contributed by atoms with E-state index in [1.807, 2.05) is 0 Å². The second-order valence-corrected chi connectivity index (χ2v) is 5.16. The van der Waals surface area contributed by atoms with Crippen molar-refractivity contribution in [3.05, 3.63) is 35.6 Å². The van der Waals surface area contributed by atoms with Crippen LogP contribution in [0.4, 0.5) is 9.18 Å². The van der Waals surface area contributed by atoms with Crippen LogP contribution in [-0.4, -0.2) is 29.8 Å². The molecule has 108 valence electrons. The van der Waals surface area contributed by atoms with Crippen molar-refractivity contribution < 1.29 is 14.0 Å². The molecule has 0 aromatic heterocycles. The van der Waals surface area contributed by atoms with Gasteiger partial charge < -0.3 is 10.2 Å². The SMILES string of the molecule is CC(=O)C1CCN(C(=O)NCc2ccc(F)cc2)CC1. The number of urea groups is 1. The predicted molar refractivity (Wildman–Crippen MR) is 73.6 cm³/mol. The van der Waals surface area contributed by atoms with E-state index in [1.54, 1.807) is 24.0 Å². The molecule has 0 bridgehead atoms. The molecular formula is C15H19FN2O2. The van der Waals surface area contributed by atoms with Gasteiger partial charge in [-0.1, -0.05) is 12.1 Å². The minimum absolute atomic E-state index is 0.0937. The van der Waals surface area contributed by atoms with Crippen LogP contribution in [-0.2, 0) is 11.3 Å². The number of likely N-dealkylation sites (tertiary alicyclic amines) is 1. The van der Waals surface area contributed by atoms with Crippen molar-refractivity contribution in [1.29, 1.82) is 0 Å². The Morgan fingerprint density at radius 3 is 2.40 bits per heavy atom. The molecule has 4 nitrogen and oxygen atoms in total. The zero-order chi connectivity index (χ0) is 14.5. The van der Waals surface area contributed by atoms with E-state index in [2.05, 4.69) is 5.32 Å². The summed E-state index contributed by atoms with van der Waals surface area (Å²) in [6.45, 7) is 3.21. The molecule has 0 spiro atoms. The highest BCUT2D eigenvalue weighted by atomic mass is 19.1. The molecule has 1 aliphatic heterocycles. The first-order chi connectivity index (χ1) is 9.56. The number of ketones is 1. The van der Waals surface area contributed by atoms with Gasteiger partial charge in [0.1, 0.15) is 11.6 Å². The van der Waals surface area contributed by atoms with E-state index in [-0.39, 0.29) is 23.5 Å². The number of rotatable bonds is 3. The summed E-state index contributed by atoms with van der Waals surface area (Å²) in [5, 5.41) is 2.81. The molecule has 20 heavy (non-hydrogen) atoms. The second-order valence-electron chi connectivity index (χ2n) is 5.16. The lowest BCUT2D eigenvalue weighted by atomic mass is 9.93. The molecule has 2 rings (SSSR count). The first-order valence-corrected chi connectivity index (χ1v) is 6.84. The minimum Gasteiger partial charge on any atom is -0.334 e. The topological polar surface area (TPSA) is 49.4 Å². The monoisotopic (exact) mass is 278 g/mol. The molecule has 2 amide bonds. The Bertz CT molecular complexity index is 479. The van der Waals surface area contributed by atoms with Gasteiger partial charge in [0.25, 0.3) is 0 Å². The lowest BCUT2D eigenvalue weighted by Crippen LogP contribution is -2.45. The van der Waals surface area contributed by atoms with Gasteiger partial charge in [-0.2, -0.15) is 0 Å². The van der Waals surface area contributed by atoms with E-state index in [1.165, 1.54) is 12.1 Å². The zero-order valence-electron chi connectivity index (χ0n) is 11.6. The molecule has 1 aliphatic rings. The summed E-state index contributed by atoms with van der Waals surface area (Å²) in [5.41, 5.74) is 0.860. The number of amides is 2. The van der Waals surface area contributed by atoms with Gasteiger partial charge in [0.15, 0.2) is 0 Å². The maximum atomic E-state index is 12.8. The molecule has 0 unspecified atom stereocenters. The summed E-state index contributed by atoms with van der Waals surface area (Å²) in [4.78, 5) is 25.0. The molecule has 1 aromatic carbocycles. The number of piperidine rings is 1. The first kappa shape index (κ1) is 14.5.